The zero-order valence-electron chi connectivity index (χ0n) is 47.2. The monoisotopic (exact) mass is 1020 g/mol. The molecule has 0 radical (unpaired) electrons. The topological polar surface area (TPSA) is 36.0 Å². The van der Waals surface area contributed by atoms with Gasteiger partial charge in [-0.3, -0.25) is 0 Å². The molecule has 3 aliphatic heterocycles. The maximum absolute atomic E-state index is 6.84. The summed E-state index contributed by atoms with van der Waals surface area (Å²) in [4.78, 5) is 8.24. The molecule has 6 aliphatic rings. The van der Waals surface area contributed by atoms with Crippen molar-refractivity contribution in [2.75, 3.05) is 14.7 Å². The van der Waals surface area contributed by atoms with E-state index < -0.39 is 0 Å². The normalized spacial score (nSPS) is 22.7. The van der Waals surface area contributed by atoms with E-state index in [0.29, 0.717) is 0 Å². The zero-order valence-corrected chi connectivity index (χ0v) is 47.2. The van der Waals surface area contributed by atoms with E-state index in [4.69, 9.17) is 8.83 Å². The Hall–Kier alpha value is -7.18. The highest BCUT2D eigenvalue weighted by atomic mass is 16.3. The smallest absolute Gasteiger partial charge is 0.252 e. The van der Waals surface area contributed by atoms with Gasteiger partial charge in [0.2, 0.25) is 0 Å². The first kappa shape index (κ1) is 46.9. The lowest BCUT2D eigenvalue weighted by Crippen LogP contribution is -2.62. The second-order valence-corrected chi connectivity index (χ2v) is 27.6. The van der Waals surface area contributed by atoms with E-state index in [-0.39, 0.29) is 39.3 Å². The van der Waals surface area contributed by atoms with Gasteiger partial charge in [0.15, 0.2) is 0 Å². The Morgan fingerprint density at radius 2 is 0.795 bits per heavy atom. The fourth-order valence-electron chi connectivity index (χ4n) is 16.7. The van der Waals surface area contributed by atoms with Gasteiger partial charge in [-0.2, -0.15) is 0 Å². The molecule has 1 saturated carbocycles. The summed E-state index contributed by atoms with van der Waals surface area (Å²) in [6.45, 7) is 25.1. The van der Waals surface area contributed by atoms with Crippen molar-refractivity contribution in [2.24, 2.45) is 0 Å². The van der Waals surface area contributed by atoms with Crippen molar-refractivity contribution in [1.82, 2.24) is 0 Å². The van der Waals surface area contributed by atoms with Gasteiger partial charge >= 0.3 is 0 Å². The molecular weight excluding hydrogens is 950 g/mol. The third kappa shape index (κ3) is 5.99. The molecule has 0 spiro atoms. The molecule has 2 aromatic heterocycles. The molecular formula is C72H70BN3O2. The largest absolute Gasteiger partial charge is 0.456 e. The summed E-state index contributed by atoms with van der Waals surface area (Å²) in [6, 6.07) is 56.3. The minimum Gasteiger partial charge on any atom is -0.456 e. The van der Waals surface area contributed by atoms with E-state index >= 15 is 0 Å². The first-order chi connectivity index (χ1) is 37.4. The summed E-state index contributed by atoms with van der Waals surface area (Å²) < 4.78 is 13.7. The fourth-order valence-corrected chi connectivity index (χ4v) is 16.7. The van der Waals surface area contributed by atoms with Crippen LogP contribution in [0.15, 0.2) is 154 Å². The van der Waals surface area contributed by atoms with Crippen molar-refractivity contribution >= 4 is 112 Å². The zero-order chi connectivity index (χ0) is 53.2. The van der Waals surface area contributed by atoms with Crippen LogP contribution in [0.25, 0.3) is 43.9 Å². The molecule has 0 amide bonds. The van der Waals surface area contributed by atoms with Crippen LogP contribution >= 0.6 is 0 Å². The number of nitrogens with zero attached hydrogens (tertiary/aromatic N) is 3. The molecule has 0 N–H and O–H groups in total. The summed E-state index contributed by atoms with van der Waals surface area (Å²) >= 11 is 0. The highest BCUT2D eigenvalue weighted by Crippen LogP contribution is 2.63. The lowest BCUT2D eigenvalue weighted by molar-refractivity contribution is 0.195. The lowest BCUT2D eigenvalue weighted by atomic mass is 9.32. The third-order valence-corrected chi connectivity index (χ3v) is 21.5. The molecule has 78 heavy (non-hydrogen) atoms. The van der Waals surface area contributed by atoms with Crippen molar-refractivity contribution < 1.29 is 8.83 Å². The molecule has 1 fully saturated rings. The van der Waals surface area contributed by atoms with Crippen LogP contribution in [0.2, 0.25) is 0 Å². The number of fused-ring (bicyclic) bond motifs is 15. The predicted molar refractivity (Wildman–Crippen MR) is 328 cm³/mol. The first-order valence-corrected chi connectivity index (χ1v) is 29.3. The van der Waals surface area contributed by atoms with E-state index in [2.05, 4.69) is 230 Å². The van der Waals surface area contributed by atoms with Gasteiger partial charge in [-0.1, -0.05) is 154 Å². The van der Waals surface area contributed by atoms with Gasteiger partial charge in [0.1, 0.15) is 22.3 Å². The number of anilines is 8. The summed E-state index contributed by atoms with van der Waals surface area (Å²) in [5.74, 6) is 0. The Morgan fingerprint density at radius 1 is 0.372 bits per heavy atom. The molecule has 5 heterocycles. The summed E-state index contributed by atoms with van der Waals surface area (Å²) in [6.07, 6.45) is 9.27. The van der Waals surface area contributed by atoms with Crippen molar-refractivity contribution in [3.63, 3.8) is 0 Å². The molecule has 2 atom stereocenters. The SMILES string of the molecule is CC1(C)CCC(C)(C)c2cc3c(cc21)B1c2cc4c(cc2N(c2cccc5oc6ccccc6c25)c2cc(N5c6ccccc6C6(C)CCCCC56C)cc(c21)N3c1cccc2oc3ccccc3c12)C(C)(C)CCC4(C)C. The van der Waals surface area contributed by atoms with E-state index in [9.17, 15) is 0 Å². The maximum Gasteiger partial charge on any atom is 0.252 e. The molecule has 388 valence electrons. The average Bonchev–Trinajstić information content (AvgIpc) is 2.86. The Bertz CT molecular complexity index is 4040. The molecule has 10 aromatic rings. The summed E-state index contributed by atoms with van der Waals surface area (Å²) in [5, 5.41) is 4.57. The lowest BCUT2D eigenvalue weighted by Gasteiger charge is -2.51. The quantitative estimate of drug-likeness (QED) is 0.165. The highest BCUT2D eigenvalue weighted by molar-refractivity contribution is 7.00. The second kappa shape index (κ2) is 15.3. The molecule has 5 nitrogen and oxygen atoms in total. The van der Waals surface area contributed by atoms with Crippen LogP contribution in [0, 0.1) is 0 Å². The van der Waals surface area contributed by atoms with Crippen molar-refractivity contribution in [2.45, 2.75) is 153 Å². The van der Waals surface area contributed by atoms with Crippen molar-refractivity contribution in [1.29, 1.82) is 0 Å². The number of furan rings is 2. The number of hydrogen-bond donors (Lipinski definition) is 0. The van der Waals surface area contributed by atoms with Gasteiger partial charge in [0.05, 0.1) is 27.7 Å². The van der Waals surface area contributed by atoms with Crippen LogP contribution in [0.5, 0.6) is 0 Å². The van der Waals surface area contributed by atoms with Gasteiger partial charge in [0.25, 0.3) is 6.71 Å². The minimum absolute atomic E-state index is 0.00687. The van der Waals surface area contributed by atoms with Gasteiger partial charge in [-0.25, -0.2) is 0 Å². The van der Waals surface area contributed by atoms with Crippen LogP contribution in [0.1, 0.15) is 148 Å². The van der Waals surface area contributed by atoms with Gasteiger partial charge in [0, 0.05) is 50.3 Å². The summed E-state index contributed by atoms with van der Waals surface area (Å²) in [7, 11) is 0. The van der Waals surface area contributed by atoms with Crippen molar-refractivity contribution in [3.05, 3.63) is 173 Å². The van der Waals surface area contributed by atoms with Crippen molar-refractivity contribution in [3.8, 4) is 0 Å². The number of benzene rings is 8. The average molecular weight is 1020 g/mol. The molecule has 6 heteroatoms. The van der Waals surface area contributed by atoms with Gasteiger partial charge < -0.3 is 23.5 Å². The van der Waals surface area contributed by atoms with Crippen LogP contribution in [-0.4, -0.2) is 12.3 Å². The van der Waals surface area contributed by atoms with Crippen LogP contribution in [0.3, 0.4) is 0 Å². The van der Waals surface area contributed by atoms with Crippen LogP contribution in [0.4, 0.5) is 45.5 Å². The number of rotatable bonds is 3. The van der Waals surface area contributed by atoms with Gasteiger partial charge in [-0.15, -0.1) is 0 Å². The predicted octanol–water partition coefficient (Wildman–Crippen LogP) is 18.0. The Labute approximate surface area is 460 Å². The number of para-hydroxylation sites is 3. The van der Waals surface area contributed by atoms with E-state index in [0.717, 1.165) is 93.8 Å². The Balaban J connectivity index is 1.11. The van der Waals surface area contributed by atoms with E-state index in [1.807, 2.05) is 0 Å². The molecule has 16 rings (SSSR count). The Morgan fingerprint density at radius 3 is 1.31 bits per heavy atom. The molecule has 0 saturated heterocycles. The highest BCUT2D eigenvalue weighted by Gasteiger charge is 2.58. The maximum atomic E-state index is 6.84. The fraction of sp³-hybridized carbons (Fsp3) is 0.333. The third-order valence-electron chi connectivity index (χ3n) is 21.5. The molecule has 3 aliphatic carbocycles. The molecule has 0 bridgehead atoms. The van der Waals surface area contributed by atoms with E-state index in [1.54, 1.807) is 0 Å². The van der Waals surface area contributed by atoms with Crippen LogP contribution in [-0.2, 0) is 27.1 Å². The summed E-state index contributed by atoms with van der Waals surface area (Å²) in [5.41, 5.74) is 24.7. The minimum atomic E-state index is -0.172. The van der Waals surface area contributed by atoms with E-state index in [1.165, 1.54) is 91.2 Å². The molecule has 8 aromatic carbocycles. The molecule has 2 unspecified atom stereocenters. The van der Waals surface area contributed by atoms with Gasteiger partial charge in [-0.05, 0) is 178 Å². The number of hydrogen-bond acceptors (Lipinski definition) is 5. The first-order valence-electron chi connectivity index (χ1n) is 29.3. The second-order valence-electron chi connectivity index (χ2n) is 27.6. The standard InChI is InChI=1S/C72H70BN3O2/c1-67(2)33-35-69(5,6)49-41-56-51(39-47(49)67)73-52-40-48-50(70(7,8)36-34-68(48,3)4)42-57(52)75(55-26-20-30-63-65(55)45-22-12-16-28-61(45)78-63)59-38-43(76-53-24-14-13-23-46(53)71(9)31-17-18-32-72(71,76)10)37-58(66(59)73)74(56)54-25-19-29-62-64(54)44-21-11-15-27-60(44)77-62/h11-16,19-30,37-42H,17-18,31-36H2,1-10H3. The Kier molecular flexibility index (Phi) is 9.22. The van der Waals surface area contributed by atoms with Crippen LogP contribution < -0.4 is 31.1 Å².